The van der Waals surface area contributed by atoms with Crippen molar-refractivity contribution < 1.29 is 18.7 Å². The maximum Gasteiger partial charge on any atom is 0.268 e. The fourth-order valence-corrected chi connectivity index (χ4v) is 3.53. The van der Waals surface area contributed by atoms with Crippen LogP contribution in [0.4, 0.5) is 4.39 Å². The van der Waals surface area contributed by atoms with Crippen molar-refractivity contribution in [3.63, 3.8) is 0 Å². The molecule has 1 N–H and O–H groups in total. The molecule has 0 atom stereocenters. The van der Waals surface area contributed by atoms with Gasteiger partial charge in [0.2, 0.25) is 0 Å². The molecule has 1 aliphatic rings. The SMILES string of the molecule is COCCNC(=O)c1c2c(cn(-c3ccc(F)cc3)c1=O)C(=O)CC(C)(C)C2. The molecule has 1 heterocycles. The van der Waals surface area contributed by atoms with Gasteiger partial charge in [-0.3, -0.25) is 19.0 Å². The van der Waals surface area contributed by atoms with E-state index < -0.39 is 17.3 Å². The van der Waals surface area contributed by atoms with Crippen molar-refractivity contribution in [1.82, 2.24) is 9.88 Å². The van der Waals surface area contributed by atoms with Crippen LogP contribution in [0.5, 0.6) is 0 Å². The number of nitrogens with one attached hydrogen (secondary N) is 1. The molecule has 0 saturated heterocycles. The second-order valence-corrected chi connectivity index (χ2v) is 7.74. The van der Waals surface area contributed by atoms with E-state index in [-0.39, 0.29) is 23.3 Å². The number of amides is 1. The van der Waals surface area contributed by atoms with Gasteiger partial charge in [0.05, 0.1) is 6.61 Å². The van der Waals surface area contributed by atoms with Gasteiger partial charge in [-0.15, -0.1) is 0 Å². The van der Waals surface area contributed by atoms with Gasteiger partial charge in [-0.25, -0.2) is 4.39 Å². The van der Waals surface area contributed by atoms with Crippen LogP contribution in [0.25, 0.3) is 5.69 Å². The summed E-state index contributed by atoms with van der Waals surface area (Å²) in [4.78, 5) is 38.8. The minimum absolute atomic E-state index is 0.0425. The number of fused-ring (bicyclic) bond motifs is 1. The van der Waals surface area contributed by atoms with Gasteiger partial charge in [0.15, 0.2) is 5.78 Å². The third kappa shape index (κ3) is 3.89. The smallest absolute Gasteiger partial charge is 0.268 e. The Hall–Kier alpha value is -2.80. The molecule has 28 heavy (non-hydrogen) atoms. The number of carbonyl (C=O) groups is 2. The number of carbonyl (C=O) groups excluding carboxylic acids is 2. The highest BCUT2D eigenvalue weighted by molar-refractivity contribution is 6.04. The highest BCUT2D eigenvalue weighted by Gasteiger charge is 2.35. The number of hydrogen-bond acceptors (Lipinski definition) is 4. The maximum absolute atomic E-state index is 13.3. The molecule has 3 rings (SSSR count). The number of nitrogens with zero attached hydrogens (tertiary/aromatic N) is 1. The molecule has 1 aromatic heterocycles. The molecule has 0 bridgehead atoms. The van der Waals surface area contributed by atoms with Crippen LogP contribution in [0.3, 0.4) is 0 Å². The van der Waals surface area contributed by atoms with E-state index in [0.29, 0.717) is 36.3 Å². The topological polar surface area (TPSA) is 77.4 Å². The number of halogens is 1. The maximum atomic E-state index is 13.3. The Morgan fingerprint density at radius 3 is 2.54 bits per heavy atom. The van der Waals surface area contributed by atoms with Crippen LogP contribution >= 0.6 is 0 Å². The van der Waals surface area contributed by atoms with Gasteiger partial charge >= 0.3 is 0 Å². The number of ketones is 1. The van der Waals surface area contributed by atoms with Crippen LogP contribution in [0.15, 0.2) is 35.3 Å². The first-order chi connectivity index (χ1) is 13.2. The molecule has 0 saturated carbocycles. The van der Waals surface area contributed by atoms with Crippen molar-refractivity contribution in [2.45, 2.75) is 26.7 Å². The van der Waals surface area contributed by atoms with Gasteiger partial charge in [0.25, 0.3) is 11.5 Å². The molecule has 1 amide bonds. The average Bonchev–Trinajstić information content (AvgIpc) is 2.61. The molecule has 0 unspecified atom stereocenters. The highest BCUT2D eigenvalue weighted by Crippen LogP contribution is 2.35. The van der Waals surface area contributed by atoms with Crippen molar-refractivity contribution in [2.24, 2.45) is 5.41 Å². The summed E-state index contributed by atoms with van der Waals surface area (Å²) in [5, 5.41) is 2.67. The molecular weight excluding hydrogens is 363 g/mol. The third-order valence-electron chi connectivity index (χ3n) is 4.84. The predicted molar refractivity (Wildman–Crippen MR) is 103 cm³/mol. The molecule has 0 radical (unpaired) electrons. The quantitative estimate of drug-likeness (QED) is 0.801. The van der Waals surface area contributed by atoms with Crippen molar-refractivity contribution in [1.29, 1.82) is 0 Å². The average molecular weight is 386 g/mol. The summed E-state index contributed by atoms with van der Waals surface area (Å²) in [5.41, 5.74) is 0.294. The Balaban J connectivity index is 2.20. The fraction of sp³-hybridized carbons (Fsp3) is 0.381. The zero-order valence-electron chi connectivity index (χ0n) is 16.2. The second-order valence-electron chi connectivity index (χ2n) is 7.74. The Morgan fingerprint density at radius 2 is 1.89 bits per heavy atom. The molecule has 148 valence electrons. The van der Waals surface area contributed by atoms with E-state index >= 15 is 0 Å². The lowest BCUT2D eigenvalue weighted by molar-refractivity contribution is 0.0907. The van der Waals surface area contributed by atoms with Gasteiger partial charge in [-0.05, 0) is 41.7 Å². The van der Waals surface area contributed by atoms with E-state index in [2.05, 4.69) is 5.32 Å². The second kappa shape index (κ2) is 7.67. The van der Waals surface area contributed by atoms with Crippen LogP contribution < -0.4 is 10.9 Å². The Kier molecular flexibility index (Phi) is 5.47. The monoisotopic (exact) mass is 386 g/mol. The summed E-state index contributed by atoms with van der Waals surface area (Å²) in [6.45, 7) is 4.42. The molecule has 2 aromatic rings. The van der Waals surface area contributed by atoms with Crippen LogP contribution in [0, 0.1) is 11.2 Å². The van der Waals surface area contributed by atoms with E-state index in [1.807, 2.05) is 13.8 Å². The number of ether oxygens (including phenoxy) is 1. The number of benzene rings is 1. The molecule has 0 aliphatic heterocycles. The minimum Gasteiger partial charge on any atom is -0.383 e. The highest BCUT2D eigenvalue weighted by atomic mass is 19.1. The number of methoxy groups -OCH3 is 1. The van der Waals surface area contributed by atoms with E-state index in [4.69, 9.17) is 4.74 Å². The molecule has 0 spiro atoms. The zero-order valence-corrected chi connectivity index (χ0v) is 16.2. The number of hydrogen-bond donors (Lipinski definition) is 1. The lowest BCUT2D eigenvalue weighted by atomic mass is 9.73. The van der Waals surface area contributed by atoms with E-state index in [1.165, 1.54) is 42.1 Å². The predicted octanol–water partition coefficient (Wildman–Crippen LogP) is 2.51. The summed E-state index contributed by atoms with van der Waals surface area (Å²) >= 11 is 0. The standard InChI is InChI=1S/C21H23FN2O4/c1-21(2)10-15-16(17(25)11-21)12-24(14-6-4-13(22)5-7-14)20(27)18(15)19(26)23-8-9-28-3/h4-7,12H,8-11H2,1-3H3,(H,23,26). The van der Waals surface area contributed by atoms with Gasteiger partial charge in [-0.2, -0.15) is 0 Å². The van der Waals surface area contributed by atoms with Gasteiger partial charge in [0, 0.05) is 37.5 Å². The Labute approximate surface area is 162 Å². The largest absolute Gasteiger partial charge is 0.383 e. The Bertz CT molecular complexity index is 977. The summed E-state index contributed by atoms with van der Waals surface area (Å²) < 4.78 is 19.5. The number of pyridine rings is 1. The minimum atomic E-state index is -0.541. The van der Waals surface area contributed by atoms with Crippen molar-refractivity contribution in [3.8, 4) is 5.69 Å². The molecule has 1 aromatic carbocycles. The lowest BCUT2D eigenvalue weighted by Crippen LogP contribution is -2.39. The van der Waals surface area contributed by atoms with Crippen molar-refractivity contribution in [2.75, 3.05) is 20.3 Å². The molecule has 0 fully saturated rings. The molecule has 6 nitrogen and oxygen atoms in total. The summed E-state index contributed by atoms with van der Waals surface area (Å²) in [6.07, 6.45) is 2.24. The van der Waals surface area contributed by atoms with Gasteiger partial charge in [0.1, 0.15) is 11.4 Å². The molecule has 7 heteroatoms. The zero-order chi connectivity index (χ0) is 20.5. The lowest BCUT2D eigenvalue weighted by Gasteiger charge is -2.31. The third-order valence-corrected chi connectivity index (χ3v) is 4.84. The van der Waals surface area contributed by atoms with E-state index in [9.17, 15) is 18.8 Å². The van der Waals surface area contributed by atoms with E-state index in [1.54, 1.807) is 0 Å². The fourth-order valence-electron chi connectivity index (χ4n) is 3.53. The summed E-state index contributed by atoms with van der Waals surface area (Å²) in [5.74, 6) is -1.10. The van der Waals surface area contributed by atoms with Crippen LogP contribution in [0.2, 0.25) is 0 Å². The van der Waals surface area contributed by atoms with Crippen LogP contribution in [-0.2, 0) is 11.2 Å². The number of aromatic nitrogens is 1. The normalized spacial score (nSPS) is 15.2. The van der Waals surface area contributed by atoms with Crippen LogP contribution in [-0.4, -0.2) is 36.5 Å². The Morgan fingerprint density at radius 1 is 1.21 bits per heavy atom. The van der Waals surface area contributed by atoms with Gasteiger partial charge in [-0.1, -0.05) is 13.8 Å². The number of rotatable bonds is 5. The molecule has 1 aliphatic carbocycles. The van der Waals surface area contributed by atoms with Crippen LogP contribution in [0.1, 0.15) is 46.5 Å². The molecular formula is C21H23FN2O4. The number of Topliss-reactive ketones (excluding diaryl/α,β-unsaturated/α-hetero) is 1. The van der Waals surface area contributed by atoms with Gasteiger partial charge < -0.3 is 10.1 Å². The summed E-state index contributed by atoms with van der Waals surface area (Å²) in [6, 6.07) is 5.33. The first-order valence-corrected chi connectivity index (χ1v) is 9.08. The first kappa shape index (κ1) is 19.9. The van der Waals surface area contributed by atoms with Crippen molar-refractivity contribution >= 4 is 11.7 Å². The summed E-state index contributed by atoms with van der Waals surface area (Å²) in [7, 11) is 1.51. The first-order valence-electron chi connectivity index (χ1n) is 9.08. The van der Waals surface area contributed by atoms with E-state index in [0.717, 1.165) is 0 Å². The van der Waals surface area contributed by atoms with Crippen molar-refractivity contribution in [3.05, 3.63) is 63.3 Å².